The van der Waals surface area contributed by atoms with Gasteiger partial charge in [0.25, 0.3) is 23.6 Å². The van der Waals surface area contributed by atoms with Crippen molar-refractivity contribution >= 4 is 45.8 Å². The number of rotatable bonds is 2. The summed E-state index contributed by atoms with van der Waals surface area (Å²) in [6.07, 6.45) is -9.25. The van der Waals surface area contributed by atoms with Gasteiger partial charge >= 0.3 is 12.4 Å². The summed E-state index contributed by atoms with van der Waals surface area (Å²) in [5.41, 5.74) is -2.39. The van der Waals surface area contributed by atoms with Gasteiger partial charge in [-0.3, -0.25) is 19.2 Å². The fraction of sp³-hybridized carbons (Fsp3) is 0.0714. The zero-order chi connectivity index (χ0) is 28.7. The Morgan fingerprint density at radius 3 is 0.875 bits per heavy atom. The molecule has 6 rings (SSSR count). The summed E-state index contributed by atoms with van der Waals surface area (Å²) in [5, 5.41) is 0.0591. The Balaban J connectivity index is 1.45. The highest BCUT2D eigenvalue weighted by atomic mass is 19.4. The monoisotopic (exact) mass is 554 g/mol. The van der Waals surface area contributed by atoms with Crippen LogP contribution in [0.4, 0.5) is 37.7 Å². The van der Waals surface area contributed by atoms with Crippen molar-refractivity contribution in [3.05, 3.63) is 106 Å². The number of carbonyl (C=O) groups excluding carboxylic acids is 4. The maximum absolute atomic E-state index is 13.4. The Labute approximate surface area is 220 Å². The van der Waals surface area contributed by atoms with E-state index >= 15 is 0 Å². The lowest BCUT2D eigenvalue weighted by Crippen LogP contribution is -2.43. The van der Waals surface area contributed by atoms with E-state index in [0.29, 0.717) is 9.80 Å². The summed E-state index contributed by atoms with van der Waals surface area (Å²) in [5.74, 6) is -3.48. The Morgan fingerprint density at radius 2 is 0.650 bits per heavy atom. The lowest BCUT2D eigenvalue weighted by Gasteiger charge is -2.32. The molecule has 6 nitrogen and oxygen atoms in total. The first kappa shape index (κ1) is 25.3. The van der Waals surface area contributed by atoms with Crippen molar-refractivity contribution in [2.75, 3.05) is 9.80 Å². The molecule has 0 unspecified atom stereocenters. The molecule has 4 amide bonds. The van der Waals surface area contributed by atoms with Gasteiger partial charge in [0.05, 0.1) is 22.5 Å². The first-order valence-electron chi connectivity index (χ1n) is 11.5. The molecule has 2 heterocycles. The lowest BCUT2D eigenvalue weighted by molar-refractivity contribution is -0.138. The van der Waals surface area contributed by atoms with Crippen molar-refractivity contribution in [3.8, 4) is 0 Å². The molecular weight excluding hydrogens is 542 g/mol. The highest BCUT2D eigenvalue weighted by Crippen LogP contribution is 2.41. The van der Waals surface area contributed by atoms with Gasteiger partial charge in [0.2, 0.25) is 0 Å². The molecule has 4 aromatic carbocycles. The van der Waals surface area contributed by atoms with E-state index in [9.17, 15) is 45.5 Å². The van der Waals surface area contributed by atoms with E-state index in [1.807, 2.05) is 0 Å². The van der Waals surface area contributed by atoms with Crippen LogP contribution in [0.2, 0.25) is 0 Å². The topological polar surface area (TPSA) is 74.8 Å². The van der Waals surface area contributed by atoms with Gasteiger partial charge < -0.3 is 0 Å². The van der Waals surface area contributed by atoms with Crippen molar-refractivity contribution in [3.63, 3.8) is 0 Å². The summed E-state index contributed by atoms with van der Waals surface area (Å²) in [7, 11) is 0. The summed E-state index contributed by atoms with van der Waals surface area (Å²) in [6.45, 7) is 0. The molecule has 2 aliphatic rings. The molecule has 0 fully saturated rings. The third-order valence-corrected chi connectivity index (χ3v) is 6.80. The summed E-state index contributed by atoms with van der Waals surface area (Å²) >= 11 is 0. The maximum Gasteiger partial charge on any atom is 0.416 e. The van der Waals surface area contributed by atoms with E-state index in [2.05, 4.69) is 0 Å². The van der Waals surface area contributed by atoms with Gasteiger partial charge in [0.1, 0.15) is 0 Å². The van der Waals surface area contributed by atoms with E-state index < -0.39 is 47.1 Å². The molecule has 40 heavy (non-hydrogen) atoms. The fourth-order valence-corrected chi connectivity index (χ4v) is 4.94. The fourth-order valence-electron chi connectivity index (χ4n) is 4.94. The largest absolute Gasteiger partial charge is 0.416 e. The number of hydrogen-bond donors (Lipinski definition) is 0. The molecule has 0 bridgehead atoms. The smallest absolute Gasteiger partial charge is 0.268 e. The van der Waals surface area contributed by atoms with Gasteiger partial charge in [-0.15, -0.1) is 0 Å². The minimum Gasteiger partial charge on any atom is -0.268 e. The van der Waals surface area contributed by atoms with E-state index in [0.717, 1.165) is 48.5 Å². The second-order valence-electron chi connectivity index (χ2n) is 9.05. The van der Waals surface area contributed by atoms with Gasteiger partial charge in [0.15, 0.2) is 0 Å². The van der Waals surface area contributed by atoms with E-state index in [4.69, 9.17) is 0 Å². The molecule has 12 heteroatoms. The number of alkyl halides is 6. The predicted octanol–water partition coefficient (Wildman–Crippen LogP) is 6.48. The third kappa shape index (κ3) is 3.59. The molecule has 0 spiro atoms. The summed E-state index contributed by atoms with van der Waals surface area (Å²) < 4.78 is 78.0. The molecule has 0 saturated carbocycles. The van der Waals surface area contributed by atoms with Crippen LogP contribution >= 0.6 is 0 Å². The average Bonchev–Trinajstić information content (AvgIpc) is 2.90. The molecule has 0 saturated heterocycles. The van der Waals surface area contributed by atoms with Crippen LogP contribution < -0.4 is 9.80 Å². The van der Waals surface area contributed by atoms with Gasteiger partial charge in [-0.05, 0) is 72.8 Å². The normalized spacial score (nSPS) is 15.3. The molecule has 200 valence electrons. The van der Waals surface area contributed by atoms with Crippen LogP contribution in [-0.4, -0.2) is 23.6 Å². The van der Waals surface area contributed by atoms with Crippen LogP contribution in [0.3, 0.4) is 0 Å². The number of halogens is 6. The second kappa shape index (κ2) is 8.25. The SMILES string of the molecule is O=C1c2ccc3c4c(ccc(c24)C(=O)N1c1ccc(C(F)(F)F)cc1)C(=O)N(c1ccc(C(F)(F)F)cc1)C3=O. The average molecular weight is 554 g/mol. The zero-order valence-corrected chi connectivity index (χ0v) is 19.7. The van der Waals surface area contributed by atoms with E-state index in [-0.39, 0.29) is 44.4 Å². The van der Waals surface area contributed by atoms with Gasteiger partial charge in [-0.2, -0.15) is 26.3 Å². The van der Waals surface area contributed by atoms with Crippen molar-refractivity contribution in [2.24, 2.45) is 0 Å². The molecule has 0 radical (unpaired) electrons. The Hall–Kier alpha value is -5.00. The molecule has 0 aromatic heterocycles. The van der Waals surface area contributed by atoms with Gasteiger partial charge in [-0.25, -0.2) is 9.80 Å². The van der Waals surface area contributed by atoms with Crippen LogP contribution in [-0.2, 0) is 12.4 Å². The number of carbonyl (C=O) groups is 4. The van der Waals surface area contributed by atoms with Crippen LogP contribution in [0.1, 0.15) is 52.6 Å². The van der Waals surface area contributed by atoms with Gasteiger partial charge in [-0.1, -0.05) is 0 Å². The lowest BCUT2D eigenvalue weighted by atomic mass is 9.85. The van der Waals surface area contributed by atoms with Crippen molar-refractivity contribution in [1.29, 1.82) is 0 Å². The van der Waals surface area contributed by atoms with Crippen molar-refractivity contribution < 1.29 is 45.5 Å². The minimum absolute atomic E-state index is 0.0296. The first-order valence-corrected chi connectivity index (χ1v) is 11.5. The van der Waals surface area contributed by atoms with Crippen LogP contribution in [0, 0.1) is 0 Å². The zero-order valence-electron chi connectivity index (χ0n) is 19.7. The minimum atomic E-state index is -4.62. The third-order valence-electron chi connectivity index (χ3n) is 6.80. The standard InChI is InChI=1S/C28H12F6N2O4/c29-27(30,31)13-1-5-15(6-2-13)35-23(37)17-9-11-19-22-20(12-10-18(21(17)22)24(35)38)26(40)36(25(19)39)16-7-3-14(4-8-16)28(32,33)34/h1-12H. The summed E-state index contributed by atoms with van der Waals surface area (Å²) in [6, 6.07) is 11.9. The van der Waals surface area contributed by atoms with E-state index in [1.54, 1.807) is 0 Å². The Morgan fingerprint density at radius 1 is 0.400 bits per heavy atom. The number of hydrogen-bond acceptors (Lipinski definition) is 4. The van der Waals surface area contributed by atoms with Crippen molar-refractivity contribution in [2.45, 2.75) is 12.4 Å². The highest BCUT2D eigenvalue weighted by Gasteiger charge is 2.41. The number of anilines is 2. The first-order chi connectivity index (χ1) is 18.8. The number of nitrogens with zero attached hydrogens (tertiary/aromatic N) is 2. The van der Waals surface area contributed by atoms with Crippen molar-refractivity contribution in [1.82, 2.24) is 0 Å². The van der Waals surface area contributed by atoms with E-state index in [1.165, 1.54) is 24.3 Å². The second-order valence-corrected chi connectivity index (χ2v) is 9.05. The molecule has 0 N–H and O–H groups in total. The number of amides is 4. The molecule has 4 aromatic rings. The highest BCUT2D eigenvalue weighted by molar-refractivity contribution is 6.42. The maximum atomic E-state index is 13.4. The van der Waals surface area contributed by atoms with Crippen LogP contribution in [0.5, 0.6) is 0 Å². The molecule has 2 aliphatic heterocycles. The Kier molecular flexibility index (Phi) is 5.21. The van der Waals surface area contributed by atoms with Crippen LogP contribution in [0.25, 0.3) is 10.8 Å². The quantitative estimate of drug-likeness (QED) is 0.210. The predicted molar refractivity (Wildman–Crippen MR) is 129 cm³/mol. The molecule has 0 aliphatic carbocycles. The number of imide groups is 2. The van der Waals surface area contributed by atoms with Crippen LogP contribution in [0.15, 0.2) is 72.8 Å². The number of benzene rings is 4. The molecule has 0 atom stereocenters. The Bertz CT molecular complexity index is 1590. The summed E-state index contributed by atoms with van der Waals surface area (Å²) in [4.78, 5) is 55.0. The molecular formula is C28H12F6N2O4. The van der Waals surface area contributed by atoms with Gasteiger partial charge in [0, 0.05) is 33.0 Å².